The minimum absolute atomic E-state index is 0.102. The number of phenols is 1. The molecule has 35 heavy (non-hydrogen) atoms. The van der Waals surface area contributed by atoms with Crippen LogP contribution in [0.2, 0.25) is 0 Å². The first-order valence-electron chi connectivity index (χ1n) is 11.2. The molecule has 0 spiro atoms. The van der Waals surface area contributed by atoms with Crippen molar-refractivity contribution in [1.82, 2.24) is 15.0 Å². The van der Waals surface area contributed by atoms with Gasteiger partial charge in [0, 0.05) is 24.7 Å². The predicted molar refractivity (Wildman–Crippen MR) is 124 cm³/mol. The van der Waals surface area contributed by atoms with Crippen molar-refractivity contribution in [3.8, 4) is 23.0 Å². The van der Waals surface area contributed by atoms with Crippen molar-refractivity contribution in [3.05, 3.63) is 47.7 Å². The molecular weight excluding hydrogens is 464 g/mol. The molecule has 5 rings (SSSR count). The van der Waals surface area contributed by atoms with Gasteiger partial charge in [-0.05, 0) is 47.4 Å². The van der Waals surface area contributed by atoms with Gasteiger partial charge in [0.2, 0.25) is 0 Å². The van der Waals surface area contributed by atoms with Crippen LogP contribution in [0.4, 0.5) is 23.4 Å². The summed E-state index contributed by atoms with van der Waals surface area (Å²) in [4.78, 5) is 14.0. The number of benzene rings is 2. The van der Waals surface area contributed by atoms with Crippen molar-refractivity contribution in [1.29, 1.82) is 0 Å². The number of anilines is 1. The molecule has 1 aliphatic heterocycles. The Kier molecular flexibility index (Phi) is 5.61. The van der Waals surface area contributed by atoms with Gasteiger partial charge >= 0.3 is 6.01 Å². The Hall–Kier alpha value is -3.69. The van der Waals surface area contributed by atoms with Crippen molar-refractivity contribution in [2.75, 3.05) is 25.1 Å². The average Bonchev–Trinajstić information content (AvgIpc) is 2.83. The lowest BCUT2D eigenvalue weighted by Gasteiger charge is -2.33. The summed E-state index contributed by atoms with van der Waals surface area (Å²) in [5.41, 5.74) is 0.223. The van der Waals surface area contributed by atoms with E-state index in [0.29, 0.717) is 29.3 Å². The summed E-state index contributed by atoms with van der Waals surface area (Å²) >= 11 is 0. The average molecular weight is 486 g/mol. The third-order valence-corrected chi connectivity index (χ3v) is 6.28. The number of hydrogen-bond donors (Lipinski definition) is 1. The van der Waals surface area contributed by atoms with Crippen LogP contribution in [-0.2, 0) is 6.42 Å². The van der Waals surface area contributed by atoms with E-state index in [9.17, 15) is 18.3 Å². The second-order valence-corrected chi connectivity index (χ2v) is 8.57. The Bertz CT molecular complexity index is 1460. The normalized spacial score (nSPS) is 15.7. The summed E-state index contributed by atoms with van der Waals surface area (Å²) < 4.78 is 64.0. The van der Waals surface area contributed by atoms with Gasteiger partial charge in [-0.1, -0.05) is 13.0 Å². The molecule has 4 aromatic rings. The third-order valence-electron chi connectivity index (χ3n) is 6.28. The topological polar surface area (TPSA) is 71.4 Å². The van der Waals surface area contributed by atoms with Gasteiger partial charge in [-0.15, -0.1) is 0 Å². The minimum atomic E-state index is -2.91. The van der Waals surface area contributed by atoms with Crippen LogP contribution >= 0.6 is 0 Å². The molecule has 1 N–H and O–H groups in total. The maximum absolute atomic E-state index is 16.0. The van der Waals surface area contributed by atoms with E-state index in [2.05, 4.69) is 15.0 Å². The summed E-state index contributed by atoms with van der Waals surface area (Å²) in [6, 6.07) is 5.41. The van der Waals surface area contributed by atoms with Gasteiger partial charge in [0.15, 0.2) is 5.82 Å². The van der Waals surface area contributed by atoms with Crippen LogP contribution in [-0.4, -0.2) is 46.2 Å². The van der Waals surface area contributed by atoms with Crippen LogP contribution in [0.1, 0.15) is 25.3 Å². The predicted octanol–water partition coefficient (Wildman–Crippen LogP) is 5.64. The number of piperidine rings is 1. The Morgan fingerprint density at radius 3 is 2.69 bits per heavy atom. The van der Waals surface area contributed by atoms with E-state index < -0.39 is 24.1 Å². The number of hydrogen-bond acceptors (Lipinski definition) is 6. The van der Waals surface area contributed by atoms with Crippen molar-refractivity contribution in [2.24, 2.45) is 0 Å². The highest BCUT2D eigenvalue weighted by Gasteiger charge is 2.37. The molecule has 1 aliphatic rings. The van der Waals surface area contributed by atoms with Crippen LogP contribution in [0.3, 0.4) is 0 Å². The molecule has 2 aromatic heterocycles. The van der Waals surface area contributed by atoms with Crippen LogP contribution in [0.15, 0.2) is 30.5 Å². The van der Waals surface area contributed by atoms with Crippen molar-refractivity contribution < 1.29 is 27.4 Å². The number of halogens is 4. The lowest BCUT2D eigenvalue weighted by atomic mass is 9.94. The van der Waals surface area contributed by atoms with Crippen molar-refractivity contribution >= 4 is 27.5 Å². The van der Waals surface area contributed by atoms with Gasteiger partial charge in [-0.3, -0.25) is 4.98 Å². The van der Waals surface area contributed by atoms with E-state index in [1.54, 1.807) is 6.92 Å². The lowest BCUT2D eigenvalue weighted by molar-refractivity contribution is -0.0118. The number of rotatable bonds is 4. The minimum Gasteiger partial charge on any atom is -0.508 e. The zero-order valence-electron chi connectivity index (χ0n) is 19.1. The SMILES string of the molecule is CCc1c(F)ccc2cc(O)cc(-c3ncc4c(N5CCCC(F)(F)C5)nc(OC)nc4c3F)c12. The van der Waals surface area contributed by atoms with Gasteiger partial charge in [0.1, 0.15) is 28.6 Å². The van der Waals surface area contributed by atoms with E-state index in [1.165, 1.54) is 42.5 Å². The number of alkyl halides is 2. The number of ether oxygens (including phenoxy) is 1. The highest BCUT2D eigenvalue weighted by atomic mass is 19.3. The molecule has 1 saturated heterocycles. The fraction of sp³-hybridized carbons (Fsp3) is 0.320. The Morgan fingerprint density at radius 1 is 1.17 bits per heavy atom. The molecule has 0 atom stereocenters. The van der Waals surface area contributed by atoms with Gasteiger partial charge < -0.3 is 14.7 Å². The zero-order chi connectivity index (χ0) is 24.9. The van der Waals surface area contributed by atoms with E-state index in [1.807, 2.05) is 0 Å². The van der Waals surface area contributed by atoms with E-state index in [4.69, 9.17) is 4.74 Å². The standard InChI is InChI=1S/C25H22F4N4O2/c1-3-15-18(26)6-5-13-9-14(34)10-16(19(13)15)21-20(27)22-17(11-30-21)23(32-24(31-22)35-2)33-8-4-7-25(28,29)12-33/h5-6,9-11,34H,3-4,7-8,12H2,1-2H3. The molecule has 0 aliphatic carbocycles. The number of methoxy groups -OCH3 is 1. The first-order chi connectivity index (χ1) is 16.7. The van der Waals surface area contributed by atoms with Gasteiger partial charge in [-0.25, -0.2) is 17.6 Å². The van der Waals surface area contributed by atoms with Gasteiger partial charge in [0.25, 0.3) is 5.92 Å². The lowest BCUT2D eigenvalue weighted by Crippen LogP contribution is -2.43. The van der Waals surface area contributed by atoms with Crippen molar-refractivity contribution in [3.63, 3.8) is 0 Å². The molecule has 0 radical (unpaired) electrons. The van der Waals surface area contributed by atoms with Crippen molar-refractivity contribution in [2.45, 2.75) is 32.1 Å². The first-order valence-corrected chi connectivity index (χ1v) is 11.2. The number of aromatic nitrogens is 3. The van der Waals surface area contributed by atoms with E-state index >= 15 is 4.39 Å². The van der Waals surface area contributed by atoms with Crippen LogP contribution < -0.4 is 9.64 Å². The largest absolute Gasteiger partial charge is 0.508 e. The number of nitrogens with zero attached hydrogens (tertiary/aromatic N) is 4. The molecule has 10 heteroatoms. The Labute approximate surface area is 198 Å². The van der Waals surface area contributed by atoms with Crippen LogP contribution in [0, 0.1) is 11.6 Å². The second kappa shape index (κ2) is 8.51. The molecule has 0 amide bonds. The van der Waals surface area contributed by atoms with E-state index in [0.717, 1.165) is 0 Å². The number of aromatic hydroxyl groups is 1. The monoisotopic (exact) mass is 486 g/mol. The molecule has 182 valence electrons. The molecular formula is C25H22F4N4O2. The molecule has 0 bridgehead atoms. The Balaban J connectivity index is 1.77. The Morgan fingerprint density at radius 2 is 1.97 bits per heavy atom. The number of pyridine rings is 1. The van der Waals surface area contributed by atoms with Crippen LogP contribution in [0.25, 0.3) is 32.9 Å². The molecule has 0 unspecified atom stereocenters. The smallest absolute Gasteiger partial charge is 0.318 e. The van der Waals surface area contributed by atoms with Gasteiger partial charge in [0.05, 0.1) is 19.0 Å². The molecule has 1 fully saturated rings. The molecule has 2 aromatic carbocycles. The number of aryl methyl sites for hydroxylation is 1. The van der Waals surface area contributed by atoms with Gasteiger partial charge in [-0.2, -0.15) is 9.97 Å². The summed E-state index contributed by atoms with van der Waals surface area (Å²) in [6.07, 6.45) is 1.66. The molecule has 3 heterocycles. The molecule has 0 saturated carbocycles. The summed E-state index contributed by atoms with van der Waals surface area (Å²) in [6.45, 7) is 1.52. The third kappa shape index (κ3) is 3.96. The fourth-order valence-corrected chi connectivity index (χ4v) is 4.72. The highest BCUT2D eigenvalue weighted by Crippen LogP contribution is 2.39. The van der Waals surface area contributed by atoms with Crippen LogP contribution in [0.5, 0.6) is 11.8 Å². The fourth-order valence-electron chi connectivity index (χ4n) is 4.72. The zero-order valence-corrected chi connectivity index (χ0v) is 19.1. The molecule has 6 nitrogen and oxygen atoms in total. The summed E-state index contributed by atoms with van der Waals surface area (Å²) in [5.74, 6) is -4.25. The highest BCUT2D eigenvalue weighted by molar-refractivity contribution is 6.01. The maximum Gasteiger partial charge on any atom is 0.318 e. The number of fused-ring (bicyclic) bond motifs is 2. The van der Waals surface area contributed by atoms with E-state index in [-0.39, 0.29) is 52.6 Å². The number of phenolic OH excluding ortho intramolecular Hbond substituents is 1. The first kappa shape index (κ1) is 23.1. The summed E-state index contributed by atoms with van der Waals surface area (Å²) in [7, 11) is 1.30. The summed E-state index contributed by atoms with van der Waals surface area (Å²) in [5, 5.41) is 11.4. The second-order valence-electron chi connectivity index (χ2n) is 8.57. The quantitative estimate of drug-likeness (QED) is 0.377. The maximum atomic E-state index is 16.0.